The van der Waals surface area contributed by atoms with Gasteiger partial charge >= 0.3 is 12.1 Å². The van der Waals surface area contributed by atoms with Crippen LogP contribution >= 0.6 is 0 Å². The Bertz CT molecular complexity index is 1180. The van der Waals surface area contributed by atoms with Crippen LogP contribution < -0.4 is 5.32 Å². The number of carbonyl (C=O) groups is 2. The van der Waals surface area contributed by atoms with Gasteiger partial charge in [-0.15, -0.1) is 0 Å². The molecule has 0 fully saturated rings. The van der Waals surface area contributed by atoms with E-state index in [0.717, 1.165) is 44.4 Å². The van der Waals surface area contributed by atoms with Crippen molar-refractivity contribution in [2.75, 3.05) is 6.54 Å². The normalized spacial score (nSPS) is 12.1. The van der Waals surface area contributed by atoms with E-state index >= 15 is 0 Å². The molecule has 2 aromatic carbocycles. The number of hydrogen-bond donors (Lipinski definition) is 3. The van der Waals surface area contributed by atoms with Gasteiger partial charge in [-0.05, 0) is 95.8 Å². The lowest BCUT2D eigenvalue weighted by Gasteiger charge is -2.20. The van der Waals surface area contributed by atoms with E-state index in [2.05, 4.69) is 42.3 Å². The zero-order chi connectivity index (χ0) is 24.6. The van der Waals surface area contributed by atoms with E-state index in [1.54, 1.807) is 13.8 Å². The first-order valence-corrected chi connectivity index (χ1v) is 11.2. The lowest BCUT2D eigenvalue weighted by Crippen LogP contribution is -2.33. The van der Waals surface area contributed by atoms with Gasteiger partial charge in [-0.1, -0.05) is 23.3 Å². The van der Waals surface area contributed by atoms with Crippen LogP contribution in [0.4, 0.5) is 4.79 Å². The van der Waals surface area contributed by atoms with Crippen LogP contribution in [0.1, 0.15) is 56.9 Å². The Morgan fingerprint density at radius 1 is 1.00 bits per heavy atom. The average molecular weight is 451 g/mol. The molecule has 0 aliphatic heterocycles. The molecule has 6 heteroatoms. The summed E-state index contributed by atoms with van der Waals surface area (Å²) in [6.45, 7) is 13.4. The molecule has 0 spiro atoms. The van der Waals surface area contributed by atoms with Crippen LogP contribution in [0.15, 0.2) is 36.4 Å². The first kappa shape index (κ1) is 24.4. The number of aromatic amines is 1. The number of H-pyrrole nitrogens is 1. The van der Waals surface area contributed by atoms with Crippen LogP contribution in [0.25, 0.3) is 22.2 Å². The van der Waals surface area contributed by atoms with Gasteiger partial charge in [0, 0.05) is 23.1 Å². The summed E-state index contributed by atoms with van der Waals surface area (Å²) in [7, 11) is 0. The minimum atomic E-state index is -1.02. The summed E-state index contributed by atoms with van der Waals surface area (Å²) < 4.78 is 5.36. The molecule has 0 saturated heterocycles. The molecule has 1 heterocycles. The summed E-state index contributed by atoms with van der Waals surface area (Å²) in [6.07, 6.45) is 0.112. The molecule has 0 radical (unpaired) electrons. The number of carbonyl (C=O) groups excluding carboxylic acids is 1. The Morgan fingerprint density at radius 3 is 2.21 bits per heavy atom. The predicted octanol–water partition coefficient (Wildman–Crippen LogP) is 5.88. The van der Waals surface area contributed by atoms with Gasteiger partial charge in [0.15, 0.2) is 0 Å². The maximum Gasteiger partial charge on any atom is 0.407 e. The molecule has 0 aliphatic rings. The van der Waals surface area contributed by atoms with E-state index in [1.165, 1.54) is 0 Å². The van der Waals surface area contributed by atoms with Gasteiger partial charge in [-0.2, -0.15) is 0 Å². The Kier molecular flexibility index (Phi) is 6.59. The fraction of sp³-hybridized carbons (Fsp3) is 0.407. The van der Waals surface area contributed by atoms with E-state index < -0.39 is 23.1 Å². The van der Waals surface area contributed by atoms with Crippen molar-refractivity contribution in [3.63, 3.8) is 0 Å². The Hall–Kier alpha value is -3.28. The lowest BCUT2D eigenvalue weighted by molar-refractivity contribution is -0.142. The summed E-state index contributed by atoms with van der Waals surface area (Å²) in [5.74, 6) is -0.875. The number of ether oxygens (including phenoxy) is 1. The summed E-state index contributed by atoms with van der Waals surface area (Å²) >= 11 is 0. The fourth-order valence-corrected chi connectivity index (χ4v) is 3.99. The zero-order valence-corrected chi connectivity index (χ0v) is 20.6. The van der Waals surface area contributed by atoms with Gasteiger partial charge in [-0.25, -0.2) is 4.79 Å². The van der Waals surface area contributed by atoms with Crippen molar-refractivity contribution >= 4 is 23.0 Å². The summed E-state index contributed by atoms with van der Waals surface area (Å²) in [5.41, 5.74) is 5.49. The minimum Gasteiger partial charge on any atom is -0.481 e. The highest BCUT2D eigenvalue weighted by Gasteiger charge is 2.30. The number of aliphatic carboxylic acids is 1. The number of aryl methyl sites for hydroxylation is 2. The van der Waals surface area contributed by atoms with Crippen molar-refractivity contribution in [3.8, 4) is 11.3 Å². The van der Waals surface area contributed by atoms with Crippen LogP contribution in [-0.4, -0.2) is 34.3 Å². The van der Waals surface area contributed by atoms with Gasteiger partial charge < -0.3 is 20.1 Å². The molecule has 3 aromatic rings. The van der Waals surface area contributed by atoms with Gasteiger partial charge in [0.1, 0.15) is 5.60 Å². The van der Waals surface area contributed by atoms with Crippen LogP contribution in [0.2, 0.25) is 0 Å². The highest BCUT2D eigenvalue weighted by Crippen LogP contribution is 2.35. The number of benzene rings is 2. The summed E-state index contributed by atoms with van der Waals surface area (Å²) in [4.78, 5) is 27.5. The van der Waals surface area contributed by atoms with Crippen molar-refractivity contribution < 1.29 is 19.4 Å². The highest BCUT2D eigenvalue weighted by atomic mass is 16.6. The van der Waals surface area contributed by atoms with E-state index in [1.807, 2.05) is 39.0 Å². The molecular weight excluding hydrogens is 416 g/mol. The van der Waals surface area contributed by atoms with E-state index in [4.69, 9.17) is 4.74 Å². The maximum atomic E-state index is 12.1. The Labute approximate surface area is 195 Å². The standard InChI is InChI=1S/C27H34N2O4/c1-16-12-17(2)14-18(13-16)23-20(10-11-28-25(32)33-26(3,4)5)21-15-19(8-9-22(21)29-23)27(6,7)24(30)31/h8-9,12-15,29H,10-11H2,1-7H3,(H,28,32)(H,30,31). The number of rotatable bonds is 6. The summed E-state index contributed by atoms with van der Waals surface area (Å²) in [5, 5.41) is 13.5. The third kappa shape index (κ3) is 5.56. The number of nitrogens with one attached hydrogen (secondary N) is 2. The van der Waals surface area contributed by atoms with Crippen molar-refractivity contribution in [2.24, 2.45) is 0 Å². The topological polar surface area (TPSA) is 91.4 Å². The van der Waals surface area contributed by atoms with Crippen molar-refractivity contribution in [2.45, 2.75) is 65.9 Å². The average Bonchev–Trinajstić information content (AvgIpc) is 3.03. The molecule has 1 amide bonds. The predicted molar refractivity (Wildman–Crippen MR) is 132 cm³/mol. The molecule has 176 valence electrons. The number of hydrogen-bond acceptors (Lipinski definition) is 3. The summed E-state index contributed by atoms with van der Waals surface area (Å²) in [6, 6.07) is 12.1. The van der Waals surface area contributed by atoms with Crippen molar-refractivity contribution in [3.05, 3.63) is 58.7 Å². The fourth-order valence-electron chi connectivity index (χ4n) is 3.99. The number of carboxylic acids is 1. The van der Waals surface area contributed by atoms with E-state index in [-0.39, 0.29) is 0 Å². The third-order valence-corrected chi connectivity index (χ3v) is 5.72. The maximum absolute atomic E-state index is 12.1. The first-order chi connectivity index (χ1) is 15.3. The van der Waals surface area contributed by atoms with Gasteiger partial charge in [0.05, 0.1) is 5.41 Å². The van der Waals surface area contributed by atoms with E-state index in [9.17, 15) is 14.7 Å². The molecule has 3 N–H and O–H groups in total. The second-order valence-corrected chi connectivity index (χ2v) is 10.2. The second-order valence-electron chi connectivity index (χ2n) is 10.2. The molecule has 0 bridgehead atoms. The Balaban J connectivity index is 2.05. The molecule has 3 rings (SSSR count). The molecule has 0 aliphatic carbocycles. The van der Waals surface area contributed by atoms with Gasteiger partial charge in [-0.3, -0.25) is 4.79 Å². The SMILES string of the molecule is Cc1cc(C)cc(-c2[nH]c3ccc(C(C)(C)C(=O)O)cc3c2CCNC(=O)OC(C)(C)C)c1. The zero-order valence-electron chi connectivity index (χ0n) is 20.6. The molecule has 33 heavy (non-hydrogen) atoms. The van der Waals surface area contributed by atoms with Crippen molar-refractivity contribution in [1.29, 1.82) is 0 Å². The Morgan fingerprint density at radius 2 is 1.64 bits per heavy atom. The molecule has 6 nitrogen and oxygen atoms in total. The van der Waals surface area contributed by atoms with Crippen LogP contribution in [0.3, 0.4) is 0 Å². The van der Waals surface area contributed by atoms with Crippen LogP contribution in [-0.2, 0) is 21.4 Å². The van der Waals surface area contributed by atoms with Crippen LogP contribution in [0.5, 0.6) is 0 Å². The number of alkyl carbamates (subject to hydrolysis) is 1. The first-order valence-electron chi connectivity index (χ1n) is 11.2. The minimum absolute atomic E-state index is 0.395. The molecular formula is C27H34N2O4. The van der Waals surface area contributed by atoms with Gasteiger partial charge in [0.25, 0.3) is 0 Å². The molecule has 0 unspecified atom stereocenters. The number of aromatic nitrogens is 1. The van der Waals surface area contributed by atoms with Gasteiger partial charge in [0.2, 0.25) is 0 Å². The number of carboxylic acid groups (broad SMARTS) is 1. The monoisotopic (exact) mass is 450 g/mol. The molecule has 0 saturated carbocycles. The number of fused-ring (bicyclic) bond motifs is 1. The number of amides is 1. The van der Waals surface area contributed by atoms with E-state index in [0.29, 0.717) is 13.0 Å². The lowest BCUT2D eigenvalue weighted by atomic mass is 9.84. The quantitative estimate of drug-likeness (QED) is 0.437. The highest BCUT2D eigenvalue weighted by molar-refractivity contribution is 5.93. The second kappa shape index (κ2) is 8.93. The third-order valence-electron chi connectivity index (χ3n) is 5.72. The largest absolute Gasteiger partial charge is 0.481 e. The van der Waals surface area contributed by atoms with Crippen molar-refractivity contribution in [1.82, 2.24) is 10.3 Å². The van der Waals surface area contributed by atoms with Crippen LogP contribution in [0, 0.1) is 13.8 Å². The molecule has 1 aromatic heterocycles. The molecule has 0 atom stereocenters. The smallest absolute Gasteiger partial charge is 0.407 e.